The summed E-state index contributed by atoms with van der Waals surface area (Å²) in [6, 6.07) is 22.8. The van der Waals surface area contributed by atoms with Gasteiger partial charge in [0.15, 0.2) is 0 Å². The molecule has 0 bridgehead atoms. The molecule has 3 atom stereocenters. The zero-order chi connectivity index (χ0) is 72.0. The number of amides is 1. The summed E-state index contributed by atoms with van der Waals surface area (Å²) >= 11 is 5.63. The number of rotatable bonds is 65. The Labute approximate surface area is 640 Å². The fraction of sp³-hybridized carbons (Fsp3) is 0.759. The fourth-order valence-corrected chi connectivity index (χ4v) is 21.3. The first-order chi connectivity index (χ1) is 48.9. The monoisotopic (exact) mass is 1540 g/mol. The molecule has 0 aliphatic carbocycles. The van der Waals surface area contributed by atoms with Crippen molar-refractivity contribution >= 4 is 70.2 Å². The van der Waals surface area contributed by atoms with E-state index in [2.05, 4.69) is 84.9 Å². The molecule has 596 valence electrons. The maximum Gasteiger partial charge on any atom is 0.500 e. The number of anilines is 2. The molecule has 3 aromatic rings. The van der Waals surface area contributed by atoms with Crippen LogP contribution in [0.3, 0.4) is 0 Å². The van der Waals surface area contributed by atoms with Crippen LogP contribution in [0.25, 0.3) is 0 Å². The minimum Gasteiger partial charge on any atom is -0.456 e. The van der Waals surface area contributed by atoms with E-state index in [1.807, 2.05) is 95.0 Å². The highest BCUT2D eigenvalue weighted by Crippen LogP contribution is 2.58. The highest BCUT2D eigenvalue weighted by molar-refractivity contribution is 7.99. The molecule has 3 unspecified atom stereocenters. The molecule has 2 aliphatic heterocycles. The van der Waals surface area contributed by atoms with Gasteiger partial charge in [-0.3, -0.25) is 4.79 Å². The second-order valence-electron chi connectivity index (χ2n) is 25.1. The highest BCUT2D eigenvalue weighted by Gasteiger charge is 2.56. The van der Waals surface area contributed by atoms with Crippen molar-refractivity contribution in [2.24, 2.45) is 0 Å². The van der Waals surface area contributed by atoms with Gasteiger partial charge in [0.05, 0.1) is 39.6 Å². The van der Waals surface area contributed by atoms with Gasteiger partial charge in [0, 0.05) is 163 Å². The molecular formula is C79H143N3O16S3Si2. The number of ether oxygens (including phenoxy) is 7. The molecule has 0 saturated heterocycles. The van der Waals surface area contributed by atoms with Gasteiger partial charge in [-0.25, -0.2) is 0 Å². The Kier molecular flexibility index (Phi) is 53.9. The van der Waals surface area contributed by atoms with E-state index in [4.69, 9.17) is 59.7 Å². The van der Waals surface area contributed by atoms with Gasteiger partial charge < -0.3 is 84.6 Å². The van der Waals surface area contributed by atoms with Crippen LogP contribution in [0.2, 0.25) is 12.1 Å². The highest BCUT2D eigenvalue weighted by atomic mass is 32.2. The van der Waals surface area contributed by atoms with Gasteiger partial charge in [-0.15, -0.1) is 0 Å². The van der Waals surface area contributed by atoms with E-state index in [1.54, 1.807) is 0 Å². The third-order valence-corrected chi connectivity index (χ3v) is 27.4. The fourth-order valence-electron chi connectivity index (χ4n) is 13.0. The summed E-state index contributed by atoms with van der Waals surface area (Å²) in [6.07, 6.45) is 11.8. The van der Waals surface area contributed by atoms with Crippen molar-refractivity contribution in [3.05, 3.63) is 82.9 Å². The molecule has 19 nitrogen and oxygen atoms in total. The number of aliphatic hydroxyl groups excluding tert-OH is 2. The van der Waals surface area contributed by atoms with Crippen molar-refractivity contribution < 1.29 is 74.7 Å². The van der Waals surface area contributed by atoms with Crippen LogP contribution >= 0.6 is 35.3 Å². The molecule has 2 aliphatic rings. The number of unbranched alkanes of at least 4 members (excludes halogenated alkanes) is 7. The van der Waals surface area contributed by atoms with Crippen molar-refractivity contribution in [2.75, 3.05) is 189 Å². The molecular weight excluding hydrogens is 1400 g/mol. The van der Waals surface area contributed by atoms with Crippen molar-refractivity contribution in [1.82, 2.24) is 4.90 Å². The summed E-state index contributed by atoms with van der Waals surface area (Å²) in [7, 11) is -5.20. The second kappa shape index (κ2) is 57.5. The van der Waals surface area contributed by atoms with Crippen LogP contribution < -0.4 is 14.5 Å². The molecule has 24 heteroatoms. The summed E-state index contributed by atoms with van der Waals surface area (Å²) in [5.41, 5.74) is 4.99. The number of benzene rings is 3. The van der Waals surface area contributed by atoms with Crippen molar-refractivity contribution in [3.8, 4) is 11.5 Å². The Hall–Kier alpha value is -2.55. The summed E-state index contributed by atoms with van der Waals surface area (Å²) in [4.78, 5) is 21.5. The Bertz CT molecular complexity index is 2510. The molecule has 1 spiro atoms. The summed E-state index contributed by atoms with van der Waals surface area (Å²) in [6.45, 7) is 32.9. The summed E-state index contributed by atoms with van der Waals surface area (Å²) in [5, 5.41) is 21.4. The number of carbonyl (C=O) groups is 1. The van der Waals surface area contributed by atoms with Crippen LogP contribution in [0.15, 0.2) is 60.7 Å². The van der Waals surface area contributed by atoms with E-state index in [1.165, 1.54) is 19.3 Å². The lowest BCUT2D eigenvalue weighted by Crippen LogP contribution is -2.48. The van der Waals surface area contributed by atoms with Gasteiger partial charge in [-0.05, 0) is 167 Å². The standard InChI is InChI=1S/C76H131N3O16S3Si2.3CH4/c1-11-77(12-2)64-38-40-71-73(56-64)95-74-57-65(78(13-3)14-4)39-41-72(74)76(71)70-37-28-27-36-69(70)75(82)79(76)42-53-98-50-32-46-85-60-67(81)61-88-68(63-87-47-33-49-97-52-35-55-100(92-18-8,93-19-9)94-20-10)62-86-44-30-26-24-22-21-23-25-29-43-83-58-66(80)59-84-45-31-48-96-51-34-54-99(89-15-5,90-16-6)91-17-7;;;/h27-28,36-41,56-57,66-68,80-81H,11-26,29-35,42-55,58-63H2,1-10H3;3*1H4. The maximum absolute atomic E-state index is 14.8. The molecule has 0 aromatic heterocycles. The topological polar surface area (TPSA) is 187 Å². The van der Waals surface area contributed by atoms with E-state index in [0.717, 1.165) is 182 Å². The lowest BCUT2D eigenvalue weighted by Gasteiger charge is -2.45. The average Bonchev–Trinajstić information content (AvgIpc) is 1.58. The zero-order valence-electron chi connectivity index (χ0n) is 63.1. The first-order valence-electron chi connectivity index (χ1n) is 38.2. The lowest BCUT2D eigenvalue weighted by atomic mass is 9.74. The number of thioether (sulfide) groups is 3. The van der Waals surface area contributed by atoms with Crippen molar-refractivity contribution in [1.29, 1.82) is 0 Å². The minimum atomic E-state index is -2.63. The van der Waals surface area contributed by atoms with E-state index in [0.29, 0.717) is 106 Å². The Morgan fingerprint density at radius 2 is 0.796 bits per heavy atom. The van der Waals surface area contributed by atoms with Crippen LogP contribution in [0.1, 0.15) is 202 Å². The molecule has 1 amide bonds. The van der Waals surface area contributed by atoms with E-state index >= 15 is 0 Å². The predicted molar refractivity (Wildman–Crippen MR) is 436 cm³/mol. The van der Waals surface area contributed by atoms with Crippen LogP contribution in [0, 0.1) is 0 Å². The molecule has 2 N–H and O–H groups in total. The number of nitrogens with zero attached hydrogens (tertiary/aromatic N) is 3. The van der Waals surface area contributed by atoms with E-state index < -0.39 is 35.4 Å². The van der Waals surface area contributed by atoms with Gasteiger partial charge in [-0.2, -0.15) is 35.3 Å². The van der Waals surface area contributed by atoms with Gasteiger partial charge in [0.1, 0.15) is 35.3 Å². The number of hydrogen-bond acceptors (Lipinski definition) is 21. The zero-order valence-corrected chi connectivity index (χ0v) is 67.5. The molecule has 0 saturated carbocycles. The smallest absolute Gasteiger partial charge is 0.456 e. The third-order valence-electron chi connectivity index (χ3n) is 17.7. The second-order valence-corrected chi connectivity index (χ2v) is 34.2. The van der Waals surface area contributed by atoms with Gasteiger partial charge in [0.25, 0.3) is 5.91 Å². The quantitative estimate of drug-likeness (QED) is 0.0401. The minimum absolute atomic E-state index is 0. The maximum atomic E-state index is 14.8. The van der Waals surface area contributed by atoms with Crippen molar-refractivity contribution in [3.63, 3.8) is 0 Å². The van der Waals surface area contributed by atoms with Crippen molar-refractivity contribution in [2.45, 2.75) is 211 Å². The number of fused-ring (bicyclic) bond motifs is 6. The average molecular weight is 1540 g/mol. The Morgan fingerprint density at radius 3 is 1.20 bits per heavy atom. The Morgan fingerprint density at radius 1 is 0.437 bits per heavy atom. The van der Waals surface area contributed by atoms with Crippen LogP contribution in [-0.2, 0) is 60.5 Å². The number of carbonyl (C=O) groups excluding carboxylic acids is 1. The Balaban J connectivity index is 0.0000120. The predicted octanol–water partition coefficient (Wildman–Crippen LogP) is 16.7. The number of hydrogen-bond donors (Lipinski definition) is 2. The SMILES string of the molecule is C.C.C.CCO[Si](CCCSCCCOCC(O)COCCCCCCCCCCOCC(COCCCSCCC[Si](OCC)(OCC)OCC)OCC(O)COCCCSCCN1C(=O)c2ccccc2C12c1ccc(N(CC)CC)cc1Oc1cc(N(CC)CC)ccc12)(OCC)OCC. The van der Waals surface area contributed by atoms with Crippen LogP contribution in [0.4, 0.5) is 11.4 Å². The molecule has 0 radical (unpaired) electrons. The molecule has 3 aromatic carbocycles. The third kappa shape index (κ3) is 32.9. The lowest BCUT2D eigenvalue weighted by molar-refractivity contribution is -0.0928. The van der Waals surface area contributed by atoms with E-state index in [9.17, 15) is 15.0 Å². The van der Waals surface area contributed by atoms with Gasteiger partial charge in [0.2, 0.25) is 0 Å². The molecule has 5 rings (SSSR count). The molecule has 103 heavy (non-hydrogen) atoms. The molecule has 0 fully saturated rings. The largest absolute Gasteiger partial charge is 0.500 e. The van der Waals surface area contributed by atoms with E-state index in [-0.39, 0.29) is 47.5 Å². The van der Waals surface area contributed by atoms with Gasteiger partial charge >= 0.3 is 17.6 Å². The van der Waals surface area contributed by atoms with Crippen LogP contribution in [-0.4, -0.2) is 236 Å². The normalized spacial score (nSPS) is 13.9. The first kappa shape index (κ1) is 96.5. The molecule has 2 heterocycles. The first-order valence-corrected chi connectivity index (χ1v) is 45.6. The summed E-state index contributed by atoms with van der Waals surface area (Å²) in [5.74, 6) is 7.18. The summed E-state index contributed by atoms with van der Waals surface area (Å²) < 4.78 is 79.1. The number of aliphatic hydroxyl groups is 2. The van der Waals surface area contributed by atoms with Crippen LogP contribution in [0.5, 0.6) is 11.5 Å². The van der Waals surface area contributed by atoms with Gasteiger partial charge in [-0.1, -0.05) is 91.1 Å².